The molecule has 0 fully saturated rings. The van der Waals surface area contributed by atoms with Crippen LogP contribution < -0.4 is 20.1 Å². The molecule has 0 saturated heterocycles. The lowest BCUT2D eigenvalue weighted by atomic mass is 10.1. The van der Waals surface area contributed by atoms with Crippen LogP contribution in [0.5, 0.6) is 11.5 Å². The Morgan fingerprint density at radius 1 is 1.00 bits per heavy atom. The van der Waals surface area contributed by atoms with E-state index in [0.29, 0.717) is 22.9 Å². The fraction of sp³-hybridized carbons (Fsp3) is 0.217. The number of amides is 1. The Hall–Kier alpha value is -3.54. The quantitative estimate of drug-likeness (QED) is 0.529. The van der Waals surface area contributed by atoms with Gasteiger partial charge in [0, 0.05) is 12.6 Å². The highest BCUT2D eigenvalue weighted by Gasteiger charge is 2.12. The lowest BCUT2D eigenvalue weighted by Crippen LogP contribution is -2.14. The van der Waals surface area contributed by atoms with Gasteiger partial charge >= 0.3 is 0 Å². The first-order chi connectivity index (χ1) is 14.2. The average molecular weight is 391 g/mol. The van der Waals surface area contributed by atoms with Gasteiger partial charge in [-0.3, -0.25) is 4.79 Å². The Morgan fingerprint density at radius 3 is 2.52 bits per heavy atom. The summed E-state index contributed by atoms with van der Waals surface area (Å²) in [5, 5.41) is 6.15. The summed E-state index contributed by atoms with van der Waals surface area (Å²) in [6.45, 7) is 0.836. The van der Waals surface area contributed by atoms with Gasteiger partial charge in [0.15, 0.2) is 0 Å². The summed E-state index contributed by atoms with van der Waals surface area (Å²) in [5.74, 6) is 0.868. The van der Waals surface area contributed by atoms with Crippen molar-refractivity contribution in [2.24, 2.45) is 0 Å². The van der Waals surface area contributed by atoms with Crippen molar-refractivity contribution in [3.8, 4) is 11.5 Å². The predicted octanol–water partition coefficient (Wildman–Crippen LogP) is 4.40. The number of anilines is 2. The maximum absolute atomic E-state index is 12.5. The number of nitrogens with zero attached hydrogens (tertiary/aromatic N) is 1. The third-order valence-electron chi connectivity index (χ3n) is 4.47. The van der Waals surface area contributed by atoms with Crippen LogP contribution in [0.3, 0.4) is 0 Å². The molecule has 1 amide bonds. The molecule has 6 heteroatoms. The summed E-state index contributed by atoms with van der Waals surface area (Å²) < 4.78 is 10.5. The van der Waals surface area contributed by atoms with Crippen molar-refractivity contribution in [3.63, 3.8) is 0 Å². The van der Waals surface area contributed by atoms with Gasteiger partial charge < -0.3 is 20.1 Å². The monoisotopic (exact) mass is 391 g/mol. The van der Waals surface area contributed by atoms with Crippen LogP contribution in [0, 0.1) is 0 Å². The molecule has 0 radical (unpaired) electrons. The maximum Gasteiger partial charge on any atom is 0.274 e. The third-order valence-corrected chi connectivity index (χ3v) is 4.47. The second-order valence-corrected chi connectivity index (χ2v) is 6.47. The molecule has 3 aromatic rings. The number of carbonyl (C=O) groups is 1. The van der Waals surface area contributed by atoms with E-state index in [-0.39, 0.29) is 5.91 Å². The van der Waals surface area contributed by atoms with Gasteiger partial charge in [0.05, 0.1) is 31.8 Å². The van der Waals surface area contributed by atoms with E-state index in [2.05, 4.69) is 39.9 Å². The van der Waals surface area contributed by atoms with Crippen LogP contribution in [-0.4, -0.2) is 31.7 Å². The van der Waals surface area contributed by atoms with Crippen LogP contribution in [0.15, 0.2) is 66.9 Å². The van der Waals surface area contributed by atoms with Crippen LogP contribution in [0.25, 0.3) is 0 Å². The highest BCUT2D eigenvalue weighted by atomic mass is 16.5. The number of pyridine rings is 1. The first-order valence-corrected chi connectivity index (χ1v) is 9.47. The Morgan fingerprint density at radius 2 is 1.83 bits per heavy atom. The molecule has 6 nitrogen and oxygen atoms in total. The number of ether oxygens (including phenoxy) is 2. The summed E-state index contributed by atoms with van der Waals surface area (Å²) in [7, 11) is 3.12. The van der Waals surface area contributed by atoms with Gasteiger partial charge in [-0.05, 0) is 42.7 Å². The van der Waals surface area contributed by atoms with E-state index in [1.165, 1.54) is 5.56 Å². The van der Waals surface area contributed by atoms with E-state index < -0.39 is 0 Å². The zero-order chi connectivity index (χ0) is 20.5. The van der Waals surface area contributed by atoms with Crippen LogP contribution in [-0.2, 0) is 6.42 Å². The van der Waals surface area contributed by atoms with E-state index in [0.717, 1.165) is 25.1 Å². The minimum atomic E-state index is -0.313. The van der Waals surface area contributed by atoms with Crippen molar-refractivity contribution in [2.75, 3.05) is 31.4 Å². The molecule has 3 rings (SSSR count). The number of aromatic nitrogens is 1. The van der Waals surface area contributed by atoms with Gasteiger partial charge in [0.1, 0.15) is 17.2 Å². The molecule has 1 heterocycles. The van der Waals surface area contributed by atoms with Gasteiger partial charge in [-0.25, -0.2) is 4.98 Å². The van der Waals surface area contributed by atoms with Crippen molar-refractivity contribution in [3.05, 3.63) is 78.1 Å². The third kappa shape index (κ3) is 5.72. The minimum Gasteiger partial charge on any atom is -0.497 e. The van der Waals surface area contributed by atoms with E-state index in [1.54, 1.807) is 44.7 Å². The fourth-order valence-electron chi connectivity index (χ4n) is 2.90. The van der Waals surface area contributed by atoms with Gasteiger partial charge in [0.25, 0.3) is 5.91 Å². The molecule has 0 aliphatic carbocycles. The summed E-state index contributed by atoms with van der Waals surface area (Å²) in [6.07, 6.45) is 3.70. The largest absolute Gasteiger partial charge is 0.497 e. The highest BCUT2D eigenvalue weighted by Crippen LogP contribution is 2.29. The lowest BCUT2D eigenvalue weighted by molar-refractivity contribution is 0.102. The van der Waals surface area contributed by atoms with Gasteiger partial charge in [-0.2, -0.15) is 0 Å². The zero-order valence-electron chi connectivity index (χ0n) is 16.6. The first kappa shape index (κ1) is 20.2. The number of hydrogen-bond acceptors (Lipinski definition) is 5. The molecule has 0 bridgehead atoms. The van der Waals surface area contributed by atoms with Crippen molar-refractivity contribution >= 4 is 17.3 Å². The SMILES string of the molecule is COc1ccc(OC)c(NC(=O)c2ccc(NCCCc3ccccc3)cn2)c1. The van der Waals surface area contributed by atoms with Crippen molar-refractivity contribution in [2.45, 2.75) is 12.8 Å². The van der Waals surface area contributed by atoms with Crippen LogP contribution >= 0.6 is 0 Å². The number of aryl methyl sites for hydroxylation is 1. The number of nitrogens with one attached hydrogen (secondary N) is 2. The first-order valence-electron chi connectivity index (χ1n) is 9.47. The smallest absolute Gasteiger partial charge is 0.274 e. The molecule has 1 aromatic heterocycles. The molecule has 0 atom stereocenters. The molecule has 150 valence electrons. The van der Waals surface area contributed by atoms with Gasteiger partial charge in [-0.1, -0.05) is 30.3 Å². The molecule has 0 saturated carbocycles. The number of hydrogen-bond donors (Lipinski definition) is 2. The van der Waals surface area contributed by atoms with Gasteiger partial charge in [-0.15, -0.1) is 0 Å². The number of rotatable bonds is 9. The average Bonchev–Trinajstić information content (AvgIpc) is 2.77. The Kier molecular flexibility index (Phi) is 7.05. The summed E-state index contributed by atoms with van der Waals surface area (Å²) >= 11 is 0. The molecule has 29 heavy (non-hydrogen) atoms. The van der Waals surface area contributed by atoms with Crippen molar-refractivity contribution in [1.82, 2.24) is 4.98 Å². The van der Waals surface area contributed by atoms with Crippen LogP contribution in [0.2, 0.25) is 0 Å². The van der Waals surface area contributed by atoms with Crippen molar-refractivity contribution in [1.29, 1.82) is 0 Å². The topological polar surface area (TPSA) is 72.5 Å². The lowest BCUT2D eigenvalue weighted by Gasteiger charge is -2.12. The molecule has 0 unspecified atom stereocenters. The predicted molar refractivity (Wildman–Crippen MR) is 115 cm³/mol. The molecule has 0 spiro atoms. The molecule has 0 aliphatic rings. The van der Waals surface area contributed by atoms with Crippen LogP contribution in [0.4, 0.5) is 11.4 Å². The highest BCUT2D eigenvalue weighted by molar-refractivity contribution is 6.03. The van der Waals surface area contributed by atoms with E-state index in [4.69, 9.17) is 9.47 Å². The Labute approximate surface area is 170 Å². The molecule has 2 N–H and O–H groups in total. The summed E-state index contributed by atoms with van der Waals surface area (Å²) in [5.41, 5.74) is 3.06. The molecule has 2 aromatic carbocycles. The summed E-state index contributed by atoms with van der Waals surface area (Å²) in [4.78, 5) is 16.8. The minimum absolute atomic E-state index is 0.313. The number of carbonyl (C=O) groups excluding carboxylic acids is 1. The standard InChI is InChI=1S/C23H25N3O3/c1-28-19-11-13-22(29-2)21(15-19)26-23(27)20-12-10-18(16-25-20)24-14-6-9-17-7-4-3-5-8-17/h3-5,7-8,10-13,15-16,24H,6,9,14H2,1-2H3,(H,26,27). The Balaban J connectivity index is 1.53. The number of benzene rings is 2. The normalized spacial score (nSPS) is 10.3. The maximum atomic E-state index is 12.5. The second-order valence-electron chi connectivity index (χ2n) is 6.47. The second kappa shape index (κ2) is 10.1. The number of methoxy groups -OCH3 is 2. The van der Waals surface area contributed by atoms with Crippen molar-refractivity contribution < 1.29 is 14.3 Å². The fourth-order valence-corrected chi connectivity index (χ4v) is 2.90. The zero-order valence-corrected chi connectivity index (χ0v) is 16.6. The van der Waals surface area contributed by atoms with Crippen LogP contribution in [0.1, 0.15) is 22.5 Å². The molecule has 0 aliphatic heterocycles. The Bertz CT molecular complexity index is 928. The summed E-state index contributed by atoms with van der Waals surface area (Å²) in [6, 6.07) is 19.2. The van der Waals surface area contributed by atoms with Gasteiger partial charge in [0.2, 0.25) is 0 Å². The molecular formula is C23H25N3O3. The van der Waals surface area contributed by atoms with E-state index in [1.807, 2.05) is 12.1 Å². The van der Waals surface area contributed by atoms with E-state index >= 15 is 0 Å². The van der Waals surface area contributed by atoms with E-state index in [9.17, 15) is 4.79 Å². The molecular weight excluding hydrogens is 366 g/mol.